The van der Waals surface area contributed by atoms with Crippen LogP contribution in [-0.2, 0) is 4.74 Å². The van der Waals surface area contributed by atoms with Gasteiger partial charge in [0.2, 0.25) is 0 Å². The minimum atomic E-state index is -0.109. The van der Waals surface area contributed by atoms with E-state index in [4.69, 9.17) is 10.5 Å². The second kappa shape index (κ2) is 5.37. The fourth-order valence-electron chi connectivity index (χ4n) is 2.05. The molecule has 1 aromatic carbocycles. The maximum absolute atomic E-state index is 12.3. The van der Waals surface area contributed by atoms with Gasteiger partial charge in [-0.3, -0.25) is 4.79 Å². The molecule has 2 rings (SSSR count). The molecular weight excluding hydrogens is 232 g/mol. The summed E-state index contributed by atoms with van der Waals surface area (Å²) in [6, 6.07) is 6.39. The van der Waals surface area contributed by atoms with Crippen LogP contribution in [-0.4, -0.2) is 47.8 Å². The molecule has 1 saturated heterocycles. The summed E-state index contributed by atoms with van der Waals surface area (Å²) in [4.78, 5) is 14.1. The molecule has 18 heavy (non-hydrogen) atoms. The molecule has 0 aliphatic carbocycles. The van der Waals surface area contributed by atoms with Gasteiger partial charge in [-0.2, -0.15) is 0 Å². The van der Waals surface area contributed by atoms with Gasteiger partial charge in [0.25, 0.3) is 5.91 Å². The van der Waals surface area contributed by atoms with E-state index in [0.29, 0.717) is 25.3 Å². The van der Waals surface area contributed by atoms with Crippen LogP contribution < -0.4 is 5.73 Å². The molecule has 1 fully saturated rings. The first-order chi connectivity index (χ1) is 8.61. The van der Waals surface area contributed by atoms with E-state index in [9.17, 15) is 9.90 Å². The van der Waals surface area contributed by atoms with Crippen LogP contribution in [0.15, 0.2) is 24.3 Å². The summed E-state index contributed by atoms with van der Waals surface area (Å²) in [6.45, 7) is 3.32. The van der Waals surface area contributed by atoms with Gasteiger partial charge in [0.1, 0.15) is 5.75 Å². The van der Waals surface area contributed by atoms with E-state index in [2.05, 4.69) is 0 Å². The molecule has 1 heterocycles. The molecule has 0 bridgehead atoms. The number of rotatable bonds is 2. The van der Waals surface area contributed by atoms with Crippen molar-refractivity contribution in [2.24, 2.45) is 5.73 Å². The molecule has 1 aliphatic heterocycles. The number of morpholine rings is 1. The van der Waals surface area contributed by atoms with Gasteiger partial charge < -0.3 is 20.5 Å². The van der Waals surface area contributed by atoms with Gasteiger partial charge >= 0.3 is 0 Å². The zero-order valence-electron chi connectivity index (χ0n) is 10.4. The smallest absolute Gasteiger partial charge is 0.254 e. The van der Waals surface area contributed by atoms with Crippen molar-refractivity contribution in [2.45, 2.75) is 19.1 Å². The Morgan fingerprint density at radius 1 is 1.61 bits per heavy atom. The molecule has 98 valence electrons. The Balaban J connectivity index is 2.16. The number of benzene rings is 1. The van der Waals surface area contributed by atoms with Gasteiger partial charge in [-0.15, -0.1) is 0 Å². The Morgan fingerprint density at radius 2 is 2.39 bits per heavy atom. The van der Waals surface area contributed by atoms with Crippen LogP contribution in [0.1, 0.15) is 17.3 Å². The molecule has 1 aliphatic rings. The first kappa shape index (κ1) is 12.9. The van der Waals surface area contributed by atoms with Crippen LogP contribution in [0.3, 0.4) is 0 Å². The van der Waals surface area contributed by atoms with E-state index in [1.54, 1.807) is 23.1 Å². The van der Waals surface area contributed by atoms with Crippen molar-refractivity contribution in [1.82, 2.24) is 4.90 Å². The molecule has 1 amide bonds. The molecule has 1 aromatic rings. The van der Waals surface area contributed by atoms with Crippen LogP contribution in [0.4, 0.5) is 0 Å². The average molecular weight is 250 g/mol. The predicted octanol–water partition coefficient (Wildman–Crippen LogP) is 0.580. The summed E-state index contributed by atoms with van der Waals surface area (Å²) in [7, 11) is 0. The number of nitrogens with zero attached hydrogens (tertiary/aromatic N) is 1. The van der Waals surface area contributed by atoms with E-state index in [-0.39, 0.29) is 23.8 Å². The van der Waals surface area contributed by atoms with Crippen molar-refractivity contribution < 1.29 is 14.6 Å². The SMILES string of the molecule is CC1COC(CN)CN1C(=O)c1cccc(O)c1. The predicted molar refractivity (Wildman–Crippen MR) is 67.4 cm³/mol. The number of ether oxygens (including phenoxy) is 1. The highest BCUT2D eigenvalue weighted by atomic mass is 16.5. The maximum atomic E-state index is 12.3. The second-order valence-electron chi connectivity index (χ2n) is 4.55. The second-order valence-corrected chi connectivity index (χ2v) is 4.55. The number of amides is 1. The monoisotopic (exact) mass is 250 g/mol. The third kappa shape index (κ3) is 2.63. The Bertz CT molecular complexity index is 436. The number of phenols is 1. The number of hydrogen-bond acceptors (Lipinski definition) is 4. The van der Waals surface area contributed by atoms with E-state index in [0.717, 1.165) is 0 Å². The zero-order valence-corrected chi connectivity index (χ0v) is 10.4. The fourth-order valence-corrected chi connectivity index (χ4v) is 2.05. The summed E-state index contributed by atoms with van der Waals surface area (Å²) in [5, 5.41) is 9.41. The molecule has 2 unspecified atom stereocenters. The standard InChI is InChI=1S/C13H18N2O3/c1-9-8-18-12(6-14)7-15(9)13(17)10-3-2-4-11(16)5-10/h2-5,9,12,16H,6-8,14H2,1H3. The summed E-state index contributed by atoms with van der Waals surface area (Å²) < 4.78 is 5.51. The first-order valence-corrected chi connectivity index (χ1v) is 6.03. The van der Waals surface area contributed by atoms with Crippen LogP contribution in [0.25, 0.3) is 0 Å². The molecule has 3 N–H and O–H groups in total. The first-order valence-electron chi connectivity index (χ1n) is 6.03. The normalized spacial score (nSPS) is 24.0. The molecule has 0 aromatic heterocycles. The maximum Gasteiger partial charge on any atom is 0.254 e. The van der Waals surface area contributed by atoms with E-state index in [1.165, 1.54) is 6.07 Å². The minimum Gasteiger partial charge on any atom is -0.508 e. The fraction of sp³-hybridized carbons (Fsp3) is 0.462. The Labute approximate surface area is 106 Å². The highest BCUT2D eigenvalue weighted by Gasteiger charge is 2.29. The van der Waals surface area contributed by atoms with Gasteiger partial charge in [-0.25, -0.2) is 0 Å². The highest BCUT2D eigenvalue weighted by Crippen LogP contribution is 2.18. The summed E-state index contributed by atoms with van der Waals surface area (Å²) in [6.07, 6.45) is -0.109. The lowest BCUT2D eigenvalue weighted by molar-refractivity contribution is -0.0426. The molecule has 5 nitrogen and oxygen atoms in total. The van der Waals surface area contributed by atoms with Crippen molar-refractivity contribution in [3.05, 3.63) is 29.8 Å². The number of aromatic hydroxyl groups is 1. The van der Waals surface area contributed by atoms with E-state index < -0.39 is 0 Å². The van der Waals surface area contributed by atoms with Crippen molar-refractivity contribution in [3.63, 3.8) is 0 Å². The van der Waals surface area contributed by atoms with E-state index >= 15 is 0 Å². The van der Waals surface area contributed by atoms with E-state index in [1.807, 2.05) is 6.92 Å². The van der Waals surface area contributed by atoms with Crippen molar-refractivity contribution >= 4 is 5.91 Å². The van der Waals surface area contributed by atoms with Gasteiger partial charge in [0, 0.05) is 18.7 Å². The summed E-state index contributed by atoms with van der Waals surface area (Å²) in [5.74, 6) is -0.00251. The topological polar surface area (TPSA) is 75.8 Å². The third-order valence-electron chi connectivity index (χ3n) is 3.12. The van der Waals surface area contributed by atoms with Crippen LogP contribution in [0, 0.1) is 0 Å². The molecule has 2 atom stereocenters. The molecule has 0 spiro atoms. The third-order valence-corrected chi connectivity index (χ3v) is 3.12. The Hall–Kier alpha value is -1.59. The van der Waals surface area contributed by atoms with Crippen molar-refractivity contribution in [2.75, 3.05) is 19.7 Å². The molecule has 0 radical (unpaired) electrons. The molecule has 0 saturated carbocycles. The Kier molecular flexibility index (Phi) is 3.84. The summed E-state index contributed by atoms with van der Waals surface area (Å²) >= 11 is 0. The van der Waals surface area contributed by atoms with Crippen LogP contribution in [0.5, 0.6) is 5.75 Å². The lowest BCUT2D eigenvalue weighted by Gasteiger charge is -2.37. The minimum absolute atomic E-state index is 0.0163. The highest BCUT2D eigenvalue weighted by molar-refractivity contribution is 5.94. The number of nitrogens with two attached hydrogens (primary N) is 1. The van der Waals surface area contributed by atoms with Gasteiger partial charge in [0.15, 0.2) is 0 Å². The lowest BCUT2D eigenvalue weighted by Crippen LogP contribution is -2.52. The van der Waals surface area contributed by atoms with Crippen molar-refractivity contribution in [3.8, 4) is 5.75 Å². The van der Waals surface area contributed by atoms with Gasteiger partial charge in [0.05, 0.1) is 18.8 Å². The Morgan fingerprint density at radius 3 is 3.06 bits per heavy atom. The average Bonchev–Trinajstić information content (AvgIpc) is 2.38. The number of carbonyl (C=O) groups is 1. The van der Waals surface area contributed by atoms with Gasteiger partial charge in [-0.05, 0) is 25.1 Å². The zero-order chi connectivity index (χ0) is 13.1. The summed E-state index contributed by atoms with van der Waals surface area (Å²) in [5.41, 5.74) is 6.06. The lowest BCUT2D eigenvalue weighted by atomic mass is 10.1. The van der Waals surface area contributed by atoms with Gasteiger partial charge in [-0.1, -0.05) is 6.07 Å². The quantitative estimate of drug-likeness (QED) is 0.805. The molecular formula is C13H18N2O3. The molecule has 5 heteroatoms. The van der Waals surface area contributed by atoms with Crippen molar-refractivity contribution in [1.29, 1.82) is 0 Å². The largest absolute Gasteiger partial charge is 0.508 e. The number of phenolic OH excluding ortho intramolecular Hbond substituents is 1. The van der Waals surface area contributed by atoms with Crippen LogP contribution in [0.2, 0.25) is 0 Å². The van der Waals surface area contributed by atoms with Crippen LogP contribution >= 0.6 is 0 Å². The number of hydrogen-bond donors (Lipinski definition) is 2. The number of carbonyl (C=O) groups excluding carboxylic acids is 1.